The summed E-state index contributed by atoms with van der Waals surface area (Å²) >= 11 is 0. The maximum atomic E-state index is 14.1. The third-order valence-electron chi connectivity index (χ3n) is 12.6. The fourth-order valence-corrected chi connectivity index (χ4v) is 9.31. The Morgan fingerprint density at radius 3 is 2.36 bits per heavy atom. The molecule has 0 unspecified atom stereocenters. The Bertz CT molecular complexity index is 2520. The minimum Gasteiger partial charge on any atom is -0.488 e. The van der Waals surface area contributed by atoms with Gasteiger partial charge in [0.1, 0.15) is 36.1 Å². The molecule has 4 amide bonds. The average molecular weight is 833 g/mol. The minimum absolute atomic E-state index is 0.0310. The van der Waals surface area contributed by atoms with Gasteiger partial charge in [0, 0.05) is 23.5 Å². The summed E-state index contributed by atoms with van der Waals surface area (Å²) in [7, 11) is 2.59. The van der Waals surface area contributed by atoms with Gasteiger partial charge in [-0.1, -0.05) is 59.7 Å². The molecule has 61 heavy (non-hydrogen) atoms. The lowest BCUT2D eigenvalue weighted by molar-refractivity contribution is -0.139. The van der Waals surface area contributed by atoms with Crippen molar-refractivity contribution < 1.29 is 33.4 Å². The van der Waals surface area contributed by atoms with Gasteiger partial charge in [-0.2, -0.15) is 0 Å². The summed E-state index contributed by atoms with van der Waals surface area (Å²) in [6.07, 6.45) is 2.85. The molecule has 3 aliphatic heterocycles. The molecule has 5 aromatic rings. The van der Waals surface area contributed by atoms with E-state index < -0.39 is 29.7 Å². The van der Waals surface area contributed by atoms with Gasteiger partial charge in [-0.3, -0.25) is 9.59 Å². The summed E-state index contributed by atoms with van der Waals surface area (Å²) in [5.41, 5.74) is 6.03. The van der Waals surface area contributed by atoms with E-state index >= 15 is 0 Å². The van der Waals surface area contributed by atoms with Crippen molar-refractivity contribution in [3.8, 4) is 28.1 Å². The lowest BCUT2D eigenvalue weighted by atomic mass is 9.85. The van der Waals surface area contributed by atoms with Crippen LogP contribution >= 0.6 is 0 Å². The number of methoxy groups -OCH3 is 2. The van der Waals surface area contributed by atoms with Crippen LogP contribution in [0.4, 0.5) is 9.59 Å². The third kappa shape index (κ3) is 7.74. The van der Waals surface area contributed by atoms with Gasteiger partial charge >= 0.3 is 12.2 Å². The number of carbonyl (C=O) groups excluding carboxylic acids is 4. The van der Waals surface area contributed by atoms with Gasteiger partial charge in [-0.25, -0.2) is 19.6 Å². The maximum absolute atomic E-state index is 14.1. The van der Waals surface area contributed by atoms with Crippen LogP contribution in [0.15, 0.2) is 48.7 Å². The monoisotopic (exact) mass is 832 g/mol. The second-order valence-corrected chi connectivity index (χ2v) is 18.3. The number of alkyl carbamates (subject to hydrolysis) is 2. The Balaban J connectivity index is 1.05. The summed E-state index contributed by atoms with van der Waals surface area (Å²) < 4.78 is 16.1. The molecule has 8 rings (SSSR count). The maximum Gasteiger partial charge on any atom is 0.407 e. The molecular weight excluding hydrogens is 777 g/mol. The van der Waals surface area contributed by atoms with Crippen LogP contribution in [0.25, 0.3) is 44.2 Å². The van der Waals surface area contributed by atoms with Crippen LogP contribution in [0.1, 0.15) is 97.0 Å². The molecule has 5 heterocycles. The van der Waals surface area contributed by atoms with Gasteiger partial charge in [0.2, 0.25) is 11.8 Å². The predicted octanol–water partition coefficient (Wildman–Crippen LogP) is 7.78. The highest BCUT2D eigenvalue weighted by molar-refractivity contribution is 6.07. The molecule has 322 valence electrons. The number of benzene rings is 3. The number of hydrogen-bond donors (Lipinski definition) is 4. The van der Waals surface area contributed by atoms with E-state index in [0.717, 1.165) is 74.8 Å². The van der Waals surface area contributed by atoms with Crippen LogP contribution in [-0.2, 0) is 25.7 Å². The first kappa shape index (κ1) is 41.6. The van der Waals surface area contributed by atoms with E-state index in [1.54, 1.807) is 0 Å². The van der Waals surface area contributed by atoms with Gasteiger partial charge in [0.05, 0.1) is 49.2 Å². The number of likely N-dealkylation sites (tertiary alicyclic amines) is 2. The first-order valence-electron chi connectivity index (χ1n) is 21.2. The fourth-order valence-electron chi connectivity index (χ4n) is 9.31. The fraction of sp³-hybridized carbons (Fsp3) is 0.478. The van der Waals surface area contributed by atoms with Gasteiger partial charge in [0.25, 0.3) is 0 Å². The van der Waals surface area contributed by atoms with Crippen LogP contribution in [0.2, 0.25) is 0 Å². The largest absolute Gasteiger partial charge is 0.488 e. The molecular formula is C46H56N8O7. The van der Waals surface area contributed by atoms with Crippen LogP contribution in [0, 0.1) is 17.3 Å². The third-order valence-corrected chi connectivity index (χ3v) is 12.6. The zero-order valence-electron chi connectivity index (χ0n) is 36.3. The highest BCUT2D eigenvalue weighted by Gasteiger charge is 2.44. The van der Waals surface area contributed by atoms with Gasteiger partial charge in [-0.15, -0.1) is 0 Å². The molecule has 0 saturated carbocycles. The van der Waals surface area contributed by atoms with E-state index in [1.807, 2.05) is 63.6 Å². The summed E-state index contributed by atoms with van der Waals surface area (Å²) in [5.74, 6) is 1.99. The predicted molar refractivity (Wildman–Crippen MR) is 230 cm³/mol. The molecule has 15 nitrogen and oxygen atoms in total. The van der Waals surface area contributed by atoms with Gasteiger partial charge in [-0.05, 0) is 89.8 Å². The lowest BCUT2D eigenvalue weighted by Gasteiger charge is -2.36. The molecule has 6 atom stereocenters. The summed E-state index contributed by atoms with van der Waals surface area (Å²) in [6, 6.07) is 12.6. The number of ether oxygens (including phenoxy) is 3. The zero-order valence-corrected chi connectivity index (χ0v) is 36.3. The molecule has 2 saturated heterocycles. The number of hydrogen-bond acceptors (Lipinski definition) is 9. The van der Waals surface area contributed by atoms with Crippen LogP contribution in [0.5, 0.6) is 5.75 Å². The van der Waals surface area contributed by atoms with Crippen molar-refractivity contribution in [1.29, 1.82) is 0 Å². The number of nitrogens with zero attached hydrogens (tertiary/aromatic N) is 4. The molecule has 0 aliphatic carbocycles. The second-order valence-electron chi connectivity index (χ2n) is 18.3. The Morgan fingerprint density at radius 1 is 0.885 bits per heavy atom. The molecule has 0 spiro atoms. The molecule has 0 radical (unpaired) electrons. The second kappa shape index (κ2) is 16.1. The summed E-state index contributed by atoms with van der Waals surface area (Å²) in [4.78, 5) is 73.0. The summed E-state index contributed by atoms with van der Waals surface area (Å²) in [6.45, 7) is 14.7. The number of nitrogens with one attached hydrogen (secondary N) is 4. The number of fused-ring (bicyclic) bond motifs is 6. The zero-order chi connectivity index (χ0) is 43.5. The summed E-state index contributed by atoms with van der Waals surface area (Å²) in [5, 5.41) is 7.46. The van der Waals surface area contributed by atoms with E-state index in [4.69, 9.17) is 24.2 Å². The molecule has 3 aromatic carbocycles. The molecule has 0 bridgehead atoms. The molecule has 2 fully saturated rings. The number of rotatable bonds is 8. The number of amides is 4. The van der Waals surface area contributed by atoms with Gasteiger partial charge in [0.15, 0.2) is 0 Å². The van der Waals surface area contributed by atoms with Crippen molar-refractivity contribution >= 4 is 45.8 Å². The Kier molecular flexibility index (Phi) is 10.9. The van der Waals surface area contributed by atoms with Crippen molar-refractivity contribution in [1.82, 2.24) is 40.4 Å². The topological polar surface area (TPSA) is 184 Å². The van der Waals surface area contributed by atoms with E-state index in [0.29, 0.717) is 24.8 Å². The quantitative estimate of drug-likeness (QED) is 0.121. The minimum atomic E-state index is -0.771. The SMILES string of the molecule is COC(=O)N[C@H](C(=O)N1C[C@@H](C)C[C@H]1c1nc2c(ccc3cc4c(cc32)OCc2cc(-c3cnc([C@@H]5CC[C@H](C)N5C(=O)[C@@H](NC(=O)OC)C(C)(C)C)[nH]3)ccc2-4)[nH]1)C(C)C. The standard InChI is InChI=1S/C46H56N8O7/c1-23(2)37(51-44(57)59-8)42(55)53-21-24(3)16-35(53)41-48-32-14-12-26-18-31-29-13-11-27(17-28(29)22-61-36(31)19-30(26)38(32)50-41)33-20-47-40(49-33)34-15-10-25(4)54(34)43(56)39(46(5,6)7)52-45(58)60-9/h11-14,17-20,23-25,34-35,37,39H,10,15-16,21-22H2,1-9H3,(H,47,49)(H,48,50)(H,51,57)(H,52,58)/t24-,25-,34-,35-,37-,39+/m0/s1. The lowest BCUT2D eigenvalue weighted by Crippen LogP contribution is -2.55. The Labute approximate surface area is 355 Å². The first-order valence-corrected chi connectivity index (χ1v) is 21.2. The van der Waals surface area contributed by atoms with E-state index in [-0.39, 0.29) is 41.8 Å². The van der Waals surface area contributed by atoms with Crippen LogP contribution in [0.3, 0.4) is 0 Å². The van der Waals surface area contributed by atoms with Crippen molar-refractivity contribution in [3.05, 3.63) is 65.9 Å². The van der Waals surface area contributed by atoms with E-state index in [2.05, 4.69) is 63.9 Å². The van der Waals surface area contributed by atoms with Crippen molar-refractivity contribution in [2.75, 3.05) is 20.8 Å². The van der Waals surface area contributed by atoms with Crippen LogP contribution in [-0.4, -0.2) is 92.6 Å². The van der Waals surface area contributed by atoms with E-state index in [1.165, 1.54) is 14.2 Å². The Hall–Kier alpha value is -6.12. The average Bonchev–Trinajstić information content (AvgIpc) is 4.05. The van der Waals surface area contributed by atoms with E-state index in [9.17, 15) is 19.2 Å². The number of aromatic amines is 2. The van der Waals surface area contributed by atoms with Crippen molar-refractivity contribution in [2.45, 2.75) is 105 Å². The number of H-pyrrole nitrogens is 2. The number of aromatic nitrogens is 4. The highest BCUT2D eigenvalue weighted by Crippen LogP contribution is 2.44. The number of imidazole rings is 2. The first-order chi connectivity index (χ1) is 29.1. The van der Waals surface area contributed by atoms with Gasteiger partial charge < -0.3 is 44.6 Å². The van der Waals surface area contributed by atoms with Crippen molar-refractivity contribution in [3.63, 3.8) is 0 Å². The highest BCUT2D eigenvalue weighted by atomic mass is 16.5. The van der Waals surface area contributed by atoms with Crippen molar-refractivity contribution in [2.24, 2.45) is 17.3 Å². The Morgan fingerprint density at radius 2 is 1.64 bits per heavy atom. The smallest absolute Gasteiger partial charge is 0.407 e. The molecule has 15 heteroatoms. The number of carbonyl (C=O) groups is 4. The normalized spacial score (nSPS) is 20.9. The molecule has 4 N–H and O–H groups in total. The molecule has 3 aliphatic rings. The van der Waals surface area contributed by atoms with Crippen LogP contribution < -0.4 is 15.4 Å². The molecule has 2 aromatic heterocycles.